The first-order chi connectivity index (χ1) is 10.6. The fourth-order valence-corrected chi connectivity index (χ4v) is 1.75. The number of ether oxygens (including phenoxy) is 1. The molecule has 0 fully saturated rings. The average molecular weight is 300 g/mol. The minimum Gasteiger partial charge on any atom is -0.497 e. The normalized spacial score (nSPS) is 11.6. The summed E-state index contributed by atoms with van der Waals surface area (Å²) >= 11 is 0. The molecule has 1 heterocycles. The van der Waals surface area contributed by atoms with E-state index in [1.807, 2.05) is 19.1 Å². The van der Waals surface area contributed by atoms with Gasteiger partial charge in [-0.25, -0.2) is 9.97 Å². The molecule has 1 aromatic heterocycles. The summed E-state index contributed by atoms with van der Waals surface area (Å²) in [4.78, 5) is 20.5. The van der Waals surface area contributed by atoms with E-state index < -0.39 is 0 Å². The molecule has 1 atom stereocenters. The molecule has 22 heavy (non-hydrogen) atoms. The number of nitrogens with zero attached hydrogens (tertiary/aromatic N) is 2. The number of carbonyl (C=O) groups is 1. The van der Waals surface area contributed by atoms with Crippen LogP contribution in [0, 0.1) is 0 Å². The van der Waals surface area contributed by atoms with E-state index in [4.69, 9.17) is 4.74 Å². The van der Waals surface area contributed by atoms with Gasteiger partial charge in [-0.05, 0) is 25.5 Å². The van der Waals surface area contributed by atoms with Crippen LogP contribution in [0.5, 0.6) is 5.75 Å². The number of benzene rings is 1. The predicted molar refractivity (Wildman–Crippen MR) is 86.4 cm³/mol. The third kappa shape index (κ3) is 4.18. The molecule has 0 bridgehead atoms. The summed E-state index contributed by atoms with van der Waals surface area (Å²) in [5.41, 5.74) is 1.06. The van der Waals surface area contributed by atoms with Gasteiger partial charge in [-0.15, -0.1) is 0 Å². The van der Waals surface area contributed by atoms with E-state index in [0.717, 1.165) is 6.42 Å². The zero-order chi connectivity index (χ0) is 15.9. The van der Waals surface area contributed by atoms with Gasteiger partial charge >= 0.3 is 0 Å². The second-order valence-corrected chi connectivity index (χ2v) is 4.94. The van der Waals surface area contributed by atoms with Crippen LogP contribution in [0.15, 0.2) is 36.7 Å². The van der Waals surface area contributed by atoms with Gasteiger partial charge in [0.2, 0.25) is 5.95 Å². The minimum atomic E-state index is -0.261. The second-order valence-electron chi connectivity index (χ2n) is 4.94. The molecule has 0 aliphatic rings. The van der Waals surface area contributed by atoms with Crippen molar-refractivity contribution in [1.29, 1.82) is 0 Å². The first-order valence-corrected chi connectivity index (χ1v) is 7.16. The highest BCUT2D eigenvalue weighted by atomic mass is 16.5. The Morgan fingerprint density at radius 3 is 2.68 bits per heavy atom. The molecule has 1 aromatic carbocycles. The van der Waals surface area contributed by atoms with Crippen LogP contribution in [0.1, 0.15) is 30.6 Å². The van der Waals surface area contributed by atoms with Crippen molar-refractivity contribution in [3.8, 4) is 5.75 Å². The predicted octanol–water partition coefficient (Wildman–Crippen LogP) is 2.95. The highest BCUT2D eigenvalue weighted by Gasteiger charge is 2.09. The van der Waals surface area contributed by atoms with E-state index in [0.29, 0.717) is 22.9 Å². The number of nitrogens with one attached hydrogen (secondary N) is 2. The lowest BCUT2D eigenvalue weighted by molar-refractivity contribution is 0.102. The highest BCUT2D eigenvalue weighted by molar-refractivity contribution is 6.03. The van der Waals surface area contributed by atoms with Crippen molar-refractivity contribution in [3.05, 3.63) is 42.2 Å². The molecule has 6 heteroatoms. The van der Waals surface area contributed by atoms with Crippen molar-refractivity contribution in [2.24, 2.45) is 0 Å². The molecule has 0 spiro atoms. The molecule has 6 nitrogen and oxygen atoms in total. The Bertz CT molecular complexity index is 628. The van der Waals surface area contributed by atoms with Crippen LogP contribution < -0.4 is 15.4 Å². The lowest BCUT2D eigenvalue weighted by Crippen LogP contribution is -2.17. The van der Waals surface area contributed by atoms with Crippen LogP contribution in [0.3, 0.4) is 0 Å². The SMILES string of the molecule is CCC(C)Nc1ncc(C(=O)Nc2cccc(OC)c2)cn1. The van der Waals surface area contributed by atoms with Crippen LogP contribution in [0.4, 0.5) is 11.6 Å². The average Bonchev–Trinajstić information content (AvgIpc) is 2.55. The van der Waals surface area contributed by atoms with Gasteiger partial charge in [0.1, 0.15) is 5.75 Å². The van der Waals surface area contributed by atoms with Gasteiger partial charge in [0, 0.05) is 30.2 Å². The van der Waals surface area contributed by atoms with Crippen molar-refractivity contribution < 1.29 is 9.53 Å². The third-order valence-corrected chi connectivity index (χ3v) is 3.23. The van der Waals surface area contributed by atoms with Crippen molar-refractivity contribution in [2.45, 2.75) is 26.3 Å². The lowest BCUT2D eigenvalue weighted by atomic mass is 10.2. The zero-order valence-electron chi connectivity index (χ0n) is 13.0. The Balaban J connectivity index is 2.03. The van der Waals surface area contributed by atoms with Gasteiger partial charge in [-0.1, -0.05) is 13.0 Å². The van der Waals surface area contributed by atoms with E-state index >= 15 is 0 Å². The Morgan fingerprint density at radius 2 is 2.05 bits per heavy atom. The van der Waals surface area contributed by atoms with E-state index in [9.17, 15) is 4.79 Å². The fourth-order valence-electron chi connectivity index (χ4n) is 1.75. The molecular formula is C16H20N4O2. The fraction of sp³-hybridized carbons (Fsp3) is 0.312. The highest BCUT2D eigenvalue weighted by Crippen LogP contribution is 2.17. The van der Waals surface area contributed by atoms with Crippen LogP contribution >= 0.6 is 0 Å². The summed E-state index contributed by atoms with van der Waals surface area (Å²) in [5.74, 6) is 0.942. The van der Waals surface area contributed by atoms with E-state index in [1.54, 1.807) is 19.2 Å². The number of amides is 1. The topological polar surface area (TPSA) is 76.1 Å². The van der Waals surface area contributed by atoms with Gasteiger partial charge in [-0.3, -0.25) is 4.79 Å². The third-order valence-electron chi connectivity index (χ3n) is 3.23. The Labute approximate surface area is 129 Å². The molecule has 2 N–H and O–H groups in total. The molecule has 0 saturated carbocycles. The molecule has 0 aliphatic carbocycles. The quantitative estimate of drug-likeness (QED) is 0.857. The zero-order valence-corrected chi connectivity index (χ0v) is 13.0. The maximum atomic E-state index is 12.2. The second kappa shape index (κ2) is 7.40. The van der Waals surface area contributed by atoms with Crippen molar-refractivity contribution in [3.63, 3.8) is 0 Å². The number of hydrogen-bond donors (Lipinski definition) is 2. The van der Waals surface area contributed by atoms with Crippen molar-refractivity contribution in [1.82, 2.24) is 9.97 Å². The lowest BCUT2D eigenvalue weighted by Gasteiger charge is -2.11. The summed E-state index contributed by atoms with van der Waals surface area (Å²) in [5, 5.41) is 5.94. The summed E-state index contributed by atoms with van der Waals surface area (Å²) in [6, 6.07) is 7.45. The first kappa shape index (κ1) is 15.8. The summed E-state index contributed by atoms with van der Waals surface area (Å²) in [7, 11) is 1.58. The number of hydrogen-bond acceptors (Lipinski definition) is 5. The van der Waals surface area contributed by atoms with Crippen LogP contribution in [-0.4, -0.2) is 29.0 Å². The maximum Gasteiger partial charge on any atom is 0.258 e. The molecule has 2 aromatic rings. The Kier molecular flexibility index (Phi) is 5.30. The summed E-state index contributed by atoms with van der Waals surface area (Å²) < 4.78 is 5.12. The molecule has 2 rings (SSSR count). The number of anilines is 2. The van der Waals surface area contributed by atoms with Crippen LogP contribution in [0.25, 0.3) is 0 Å². The Hall–Kier alpha value is -2.63. The summed E-state index contributed by atoms with van der Waals surface area (Å²) in [6.07, 6.45) is 3.99. The van der Waals surface area contributed by atoms with Crippen molar-refractivity contribution >= 4 is 17.5 Å². The molecule has 116 valence electrons. The van der Waals surface area contributed by atoms with Gasteiger partial charge in [0.05, 0.1) is 12.7 Å². The molecular weight excluding hydrogens is 280 g/mol. The molecule has 0 radical (unpaired) electrons. The molecule has 0 saturated heterocycles. The maximum absolute atomic E-state index is 12.2. The standard InChI is InChI=1S/C16H20N4O2/c1-4-11(2)19-16-17-9-12(10-18-16)15(21)20-13-6-5-7-14(8-13)22-3/h5-11H,4H2,1-3H3,(H,20,21)(H,17,18,19). The van der Waals surface area contributed by atoms with E-state index in [2.05, 4.69) is 27.5 Å². The molecule has 1 unspecified atom stereocenters. The van der Waals surface area contributed by atoms with Gasteiger partial charge in [-0.2, -0.15) is 0 Å². The molecule has 0 aliphatic heterocycles. The van der Waals surface area contributed by atoms with Crippen LogP contribution in [-0.2, 0) is 0 Å². The summed E-state index contributed by atoms with van der Waals surface area (Å²) in [6.45, 7) is 4.13. The van der Waals surface area contributed by atoms with Gasteiger partial charge < -0.3 is 15.4 Å². The monoisotopic (exact) mass is 300 g/mol. The molecule has 1 amide bonds. The Morgan fingerprint density at radius 1 is 1.32 bits per heavy atom. The van der Waals surface area contributed by atoms with Gasteiger partial charge in [0.15, 0.2) is 0 Å². The largest absolute Gasteiger partial charge is 0.497 e. The van der Waals surface area contributed by atoms with E-state index in [-0.39, 0.29) is 11.9 Å². The number of methoxy groups -OCH3 is 1. The minimum absolute atomic E-state index is 0.261. The van der Waals surface area contributed by atoms with Crippen molar-refractivity contribution in [2.75, 3.05) is 17.7 Å². The van der Waals surface area contributed by atoms with Crippen LogP contribution in [0.2, 0.25) is 0 Å². The van der Waals surface area contributed by atoms with E-state index in [1.165, 1.54) is 12.4 Å². The number of carbonyl (C=O) groups excluding carboxylic acids is 1. The van der Waals surface area contributed by atoms with Gasteiger partial charge in [0.25, 0.3) is 5.91 Å². The smallest absolute Gasteiger partial charge is 0.258 e. The number of aromatic nitrogens is 2. The first-order valence-electron chi connectivity index (χ1n) is 7.16. The number of rotatable bonds is 6.